The van der Waals surface area contributed by atoms with Gasteiger partial charge in [-0.15, -0.1) is 0 Å². The molecule has 1 atom stereocenters. The molecule has 1 saturated heterocycles. The first-order valence-electron chi connectivity index (χ1n) is 10.8. The zero-order valence-electron chi connectivity index (χ0n) is 18.0. The average molecular weight is 454 g/mol. The number of hydrogen-bond acceptors (Lipinski definition) is 5. The second-order valence-electron chi connectivity index (χ2n) is 7.97. The molecule has 168 valence electrons. The van der Waals surface area contributed by atoms with Gasteiger partial charge in [-0.1, -0.05) is 25.0 Å². The Balaban J connectivity index is 1.41. The minimum atomic E-state index is -3.53. The van der Waals surface area contributed by atoms with Crippen LogP contribution in [0.4, 0.5) is 0 Å². The molecule has 8 nitrogen and oxygen atoms in total. The van der Waals surface area contributed by atoms with E-state index in [-0.39, 0.29) is 16.8 Å². The van der Waals surface area contributed by atoms with Crippen molar-refractivity contribution in [2.75, 3.05) is 13.1 Å². The van der Waals surface area contributed by atoms with Gasteiger partial charge in [0.25, 0.3) is 5.91 Å². The van der Waals surface area contributed by atoms with Crippen molar-refractivity contribution in [3.8, 4) is 5.69 Å². The molecule has 1 fully saturated rings. The predicted octanol–water partition coefficient (Wildman–Crippen LogP) is 3.32. The number of nitrogens with zero attached hydrogens (tertiary/aromatic N) is 4. The molecule has 1 amide bonds. The third-order valence-corrected chi connectivity index (χ3v) is 7.66. The third kappa shape index (κ3) is 4.89. The number of carbonyl (C=O) groups excluding carboxylic acids is 1. The number of sulfonamides is 1. The maximum absolute atomic E-state index is 12.9. The van der Waals surface area contributed by atoms with Gasteiger partial charge in [-0.05, 0) is 61.7 Å². The lowest BCUT2D eigenvalue weighted by Gasteiger charge is -2.20. The molecule has 2 heterocycles. The molecular formula is C23H27N5O3S. The van der Waals surface area contributed by atoms with Crippen LogP contribution in [0.5, 0.6) is 0 Å². The molecule has 3 aromatic rings. The molecule has 2 aromatic carbocycles. The van der Waals surface area contributed by atoms with Crippen LogP contribution < -0.4 is 5.32 Å². The Morgan fingerprint density at radius 1 is 0.969 bits per heavy atom. The maximum Gasteiger partial charge on any atom is 0.251 e. The van der Waals surface area contributed by atoms with Crippen molar-refractivity contribution in [2.24, 2.45) is 0 Å². The van der Waals surface area contributed by atoms with Crippen LogP contribution in [0.25, 0.3) is 5.69 Å². The van der Waals surface area contributed by atoms with Crippen LogP contribution in [0.3, 0.4) is 0 Å². The predicted molar refractivity (Wildman–Crippen MR) is 121 cm³/mol. The highest BCUT2D eigenvalue weighted by molar-refractivity contribution is 7.89. The highest BCUT2D eigenvalue weighted by atomic mass is 32.2. The molecule has 0 bridgehead atoms. The van der Waals surface area contributed by atoms with Gasteiger partial charge >= 0.3 is 0 Å². The van der Waals surface area contributed by atoms with E-state index in [0.29, 0.717) is 18.7 Å². The standard InChI is InChI=1S/C23H27N5O3S/c1-18(19-6-10-21(11-7-19)28-17-24-16-25-28)26-23(29)20-8-12-22(13-9-20)32(30,31)27-14-4-2-3-5-15-27/h6-13,16-18H,2-5,14-15H2,1H3,(H,26,29). The van der Waals surface area contributed by atoms with Gasteiger partial charge in [0.05, 0.1) is 16.6 Å². The summed E-state index contributed by atoms with van der Waals surface area (Å²) in [6.07, 6.45) is 6.99. The van der Waals surface area contributed by atoms with Crippen molar-refractivity contribution >= 4 is 15.9 Å². The fourth-order valence-electron chi connectivity index (χ4n) is 3.83. The Bertz CT molecular complexity index is 1140. The van der Waals surface area contributed by atoms with E-state index in [1.165, 1.54) is 18.5 Å². The summed E-state index contributed by atoms with van der Waals surface area (Å²) in [4.78, 5) is 16.9. The van der Waals surface area contributed by atoms with E-state index in [0.717, 1.165) is 36.9 Å². The van der Waals surface area contributed by atoms with Gasteiger partial charge in [-0.25, -0.2) is 18.1 Å². The summed E-state index contributed by atoms with van der Waals surface area (Å²) >= 11 is 0. The summed E-state index contributed by atoms with van der Waals surface area (Å²) in [5, 5.41) is 7.06. The van der Waals surface area contributed by atoms with Gasteiger partial charge in [0.1, 0.15) is 12.7 Å². The second-order valence-corrected chi connectivity index (χ2v) is 9.91. The molecule has 0 saturated carbocycles. The Morgan fingerprint density at radius 2 is 1.62 bits per heavy atom. The van der Waals surface area contributed by atoms with Gasteiger partial charge in [0.15, 0.2) is 0 Å². The van der Waals surface area contributed by atoms with Crippen LogP contribution in [-0.2, 0) is 10.0 Å². The first kappa shape index (κ1) is 22.2. The first-order chi connectivity index (χ1) is 15.4. The van der Waals surface area contributed by atoms with Crippen molar-refractivity contribution in [2.45, 2.75) is 43.5 Å². The molecule has 1 N–H and O–H groups in total. The zero-order valence-corrected chi connectivity index (χ0v) is 18.8. The molecule has 1 aromatic heterocycles. The normalized spacial score (nSPS) is 16.3. The lowest BCUT2D eigenvalue weighted by Crippen LogP contribution is -2.32. The molecule has 1 aliphatic rings. The van der Waals surface area contributed by atoms with Crippen LogP contribution in [0.1, 0.15) is 54.6 Å². The molecule has 0 radical (unpaired) electrons. The monoisotopic (exact) mass is 453 g/mol. The Kier molecular flexibility index (Phi) is 6.66. The fourth-order valence-corrected chi connectivity index (χ4v) is 5.35. The number of hydrogen-bond donors (Lipinski definition) is 1. The summed E-state index contributed by atoms with van der Waals surface area (Å²) in [5.74, 6) is -0.253. The molecule has 9 heteroatoms. The number of aromatic nitrogens is 3. The van der Waals surface area contributed by atoms with Gasteiger partial charge < -0.3 is 5.32 Å². The number of nitrogens with one attached hydrogen (secondary N) is 1. The van der Waals surface area contributed by atoms with Gasteiger partial charge in [0, 0.05) is 18.7 Å². The molecule has 0 aliphatic carbocycles. The Morgan fingerprint density at radius 3 is 2.22 bits per heavy atom. The topological polar surface area (TPSA) is 97.2 Å². The number of benzene rings is 2. The van der Waals surface area contributed by atoms with E-state index in [2.05, 4.69) is 15.4 Å². The van der Waals surface area contributed by atoms with Crippen molar-refractivity contribution < 1.29 is 13.2 Å². The summed E-state index contributed by atoms with van der Waals surface area (Å²) in [6, 6.07) is 13.6. The first-order valence-corrected chi connectivity index (χ1v) is 12.3. The Labute approximate surface area is 188 Å². The largest absolute Gasteiger partial charge is 0.346 e. The number of carbonyl (C=O) groups is 1. The molecule has 0 spiro atoms. The van der Waals surface area contributed by atoms with E-state index in [1.807, 2.05) is 31.2 Å². The highest BCUT2D eigenvalue weighted by Crippen LogP contribution is 2.21. The van der Waals surface area contributed by atoms with E-state index in [4.69, 9.17) is 0 Å². The van der Waals surface area contributed by atoms with Crippen LogP contribution in [0, 0.1) is 0 Å². The number of amides is 1. The Hall–Kier alpha value is -3.04. The van der Waals surface area contributed by atoms with Crippen molar-refractivity contribution in [3.05, 3.63) is 72.3 Å². The summed E-state index contributed by atoms with van der Waals surface area (Å²) < 4.78 is 29.0. The smallest absolute Gasteiger partial charge is 0.251 e. The third-order valence-electron chi connectivity index (χ3n) is 5.74. The quantitative estimate of drug-likeness (QED) is 0.618. The van der Waals surface area contributed by atoms with E-state index in [1.54, 1.807) is 27.4 Å². The summed E-state index contributed by atoms with van der Waals surface area (Å²) in [5.41, 5.74) is 2.25. The lowest BCUT2D eigenvalue weighted by atomic mass is 10.1. The highest BCUT2D eigenvalue weighted by Gasteiger charge is 2.25. The summed E-state index contributed by atoms with van der Waals surface area (Å²) in [6.45, 7) is 3.01. The van der Waals surface area contributed by atoms with E-state index >= 15 is 0 Å². The van der Waals surface area contributed by atoms with Gasteiger partial charge in [0.2, 0.25) is 10.0 Å². The van der Waals surface area contributed by atoms with Gasteiger partial charge in [-0.3, -0.25) is 4.79 Å². The zero-order chi connectivity index (χ0) is 22.6. The molecule has 1 aliphatic heterocycles. The minimum absolute atomic E-state index is 0.215. The molecular weight excluding hydrogens is 426 g/mol. The second kappa shape index (κ2) is 9.62. The van der Waals surface area contributed by atoms with Crippen molar-refractivity contribution in [1.82, 2.24) is 24.4 Å². The lowest BCUT2D eigenvalue weighted by molar-refractivity contribution is 0.0939. The van der Waals surface area contributed by atoms with Crippen LogP contribution in [-0.4, -0.2) is 46.5 Å². The summed E-state index contributed by atoms with van der Waals surface area (Å²) in [7, 11) is -3.53. The van der Waals surface area contributed by atoms with Crippen molar-refractivity contribution in [3.63, 3.8) is 0 Å². The SMILES string of the molecule is CC(NC(=O)c1ccc(S(=O)(=O)N2CCCCCC2)cc1)c1ccc(-n2cncn2)cc1. The maximum atomic E-state index is 12.9. The van der Waals surface area contributed by atoms with E-state index in [9.17, 15) is 13.2 Å². The van der Waals surface area contributed by atoms with Crippen LogP contribution >= 0.6 is 0 Å². The minimum Gasteiger partial charge on any atom is -0.346 e. The molecule has 4 rings (SSSR count). The van der Waals surface area contributed by atoms with Crippen LogP contribution in [0.2, 0.25) is 0 Å². The van der Waals surface area contributed by atoms with Gasteiger partial charge in [-0.2, -0.15) is 9.40 Å². The van der Waals surface area contributed by atoms with Crippen LogP contribution in [0.15, 0.2) is 66.1 Å². The van der Waals surface area contributed by atoms with Crippen molar-refractivity contribution in [1.29, 1.82) is 0 Å². The average Bonchev–Trinajstić information content (AvgIpc) is 3.20. The fraction of sp³-hybridized carbons (Fsp3) is 0.348. The molecule has 1 unspecified atom stereocenters. The molecule has 32 heavy (non-hydrogen) atoms. The van der Waals surface area contributed by atoms with E-state index < -0.39 is 10.0 Å². The number of rotatable bonds is 6.